The van der Waals surface area contributed by atoms with Gasteiger partial charge in [-0.25, -0.2) is 0 Å². The number of ether oxygens (including phenoxy) is 2. The summed E-state index contributed by atoms with van der Waals surface area (Å²) in [6.45, 7) is 2.62. The van der Waals surface area contributed by atoms with Crippen molar-refractivity contribution in [2.75, 3.05) is 27.3 Å². The summed E-state index contributed by atoms with van der Waals surface area (Å²) in [6.07, 6.45) is 2.50. The predicted octanol–water partition coefficient (Wildman–Crippen LogP) is 1.53. The smallest absolute Gasteiger partial charge is 0.161 e. The van der Waals surface area contributed by atoms with Crippen LogP contribution in [0.2, 0.25) is 0 Å². The van der Waals surface area contributed by atoms with Gasteiger partial charge >= 0.3 is 0 Å². The normalized spacial score (nSPS) is 16.4. The highest BCUT2D eigenvalue weighted by molar-refractivity contribution is 5.42. The number of nitrogens with two attached hydrogens (primary N) is 1. The molecule has 3 N–H and O–H groups in total. The lowest BCUT2D eigenvalue weighted by Crippen LogP contribution is -2.29. The maximum absolute atomic E-state index is 5.76. The molecule has 1 aromatic carbocycles. The van der Waals surface area contributed by atoms with Gasteiger partial charge in [-0.2, -0.15) is 0 Å². The van der Waals surface area contributed by atoms with E-state index in [9.17, 15) is 0 Å². The van der Waals surface area contributed by atoms with E-state index in [-0.39, 0.29) is 0 Å². The molecule has 0 aromatic heterocycles. The molecule has 4 nitrogen and oxygen atoms in total. The molecule has 0 saturated heterocycles. The van der Waals surface area contributed by atoms with Crippen LogP contribution in [-0.4, -0.2) is 27.3 Å². The van der Waals surface area contributed by atoms with Gasteiger partial charge in [0.2, 0.25) is 0 Å². The molecule has 0 atom stereocenters. The van der Waals surface area contributed by atoms with Crippen LogP contribution in [0.1, 0.15) is 18.4 Å². The summed E-state index contributed by atoms with van der Waals surface area (Å²) in [6, 6.07) is 6.00. The minimum Gasteiger partial charge on any atom is -0.493 e. The van der Waals surface area contributed by atoms with E-state index in [1.54, 1.807) is 14.2 Å². The summed E-state index contributed by atoms with van der Waals surface area (Å²) in [7, 11) is 3.30. The monoisotopic (exact) mass is 250 g/mol. The molecule has 0 amide bonds. The summed E-state index contributed by atoms with van der Waals surface area (Å²) in [5.41, 5.74) is 7.32. The zero-order chi connectivity index (χ0) is 13.0. The molecule has 0 bridgehead atoms. The average Bonchev–Trinajstić information content (AvgIpc) is 3.19. The van der Waals surface area contributed by atoms with Gasteiger partial charge < -0.3 is 20.5 Å². The molecular weight excluding hydrogens is 228 g/mol. The molecule has 1 aliphatic rings. The van der Waals surface area contributed by atoms with Crippen molar-refractivity contribution in [1.82, 2.24) is 5.32 Å². The third-order valence-corrected chi connectivity index (χ3v) is 3.67. The average molecular weight is 250 g/mol. The van der Waals surface area contributed by atoms with Gasteiger partial charge in [0.15, 0.2) is 11.5 Å². The second-order valence-electron chi connectivity index (χ2n) is 5.00. The van der Waals surface area contributed by atoms with Gasteiger partial charge in [-0.3, -0.25) is 0 Å². The number of benzene rings is 1. The number of nitrogens with one attached hydrogen (secondary N) is 1. The Morgan fingerprint density at radius 2 is 1.94 bits per heavy atom. The highest BCUT2D eigenvalue weighted by Crippen LogP contribution is 2.43. The summed E-state index contributed by atoms with van der Waals surface area (Å²) in [4.78, 5) is 0. The van der Waals surface area contributed by atoms with Crippen molar-refractivity contribution in [3.8, 4) is 11.5 Å². The standard InChI is InChI=1S/C14H22N2O2/c1-17-12-4-3-11(7-13(12)18-2)8-16-10-14(9-15)5-6-14/h3-4,7,16H,5-6,8-10,15H2,1-2H3. The second-order valence-corrected chi connectivity index (χ2v) is 5.00. The first kappa shape index (κ1) is 13.2. The number of hydrogen-bond acceptors (Lipinski definition) is 4. The van der Waals surface area contributed by atoms with Gasteiger partial charge in [-0.05, 0) is 42.5 Å². The van der Waals surface area contributed by atoms with E-state index in [0.717, 1.165) is 31.1 Å². The van der Waals surface area contributed by atoms with Gasteiger partial charge in [0.25, 0.3) is 0 Å². The van der Waals surface area contributed by atoms with Crippen LogP contribution in [0.15, 0.2) is 18.2 Å². The summed E-state index contributed by atoms with van der Waals surface area (Å²) >= 11 is 0. The largest absolute Gasteiger partial charge is 0.493 e. The minimum absolute atomic E-state index is 0.372. The molecule has 1 fully saturated rings. The summed E-state index contributed by atoms with van der Waals surface area (Å²) < 4.78 is 10.5. The topological polar surface area (TPSA) is 56.5 Å². The van der Waals surface area contributed by atoms with Crippen LogP contribution in [0, 0.1) is 5.41 Å². The number of rotatable bonds is 7. The first-order valence-electron chi connectivity index (χ1n) is 6.35. The Kier molecular flexibility index (Phi) is 4.09. The van der Waals surface area contributed by atoms with Crippen LogP contribution in [0.4, 0.5) is 0 Å². The minimum atomic E-state index is 0.372. The lowest BCUT2D eigenvalue weighted by molar-refractivity contribution is 0.354. The molecular formula is C14H22N2O2. The molecule has 4 heteroatoms. The molecule has 1 saturated carbocycles. The van der Waals surface area contributed by atoms with Crippen LogP contribution in [-0.2, 0) is 6.54 Å². The van der Waals surface area contributed by atoms with Gasteiger partial charge in [0.1, 0.15) is 0 Å². The van der Waals surface area contributed by atoms with Gasteiger partial charge in [-0.15, -0.1) is 0 Å². The lowest BCUT2D eigenvalue weighted by Gasteiger charge is -2.14. The highest BCUT2D eigenvalue weighted by atomic mass is 16.5. The van der Waals surface area contributed by atoms with Crippen LogP contribution in [0.25, 0.3) is 0 Å². The van der Waals surface area contributed by atoms with Crippen molar-refractivity contribution in [2.24, 2.45) is 11.1 Å². The van der Waals surface area contributed by atoms with Crippen molar-refractivity contribution in [3.05, 3.63) is 23.8 Å². The molecule has 0 radical (unpaired) electrons. The third kappa shape index (κ3) is 2.94. The molecule has 0 heterocycles. The Morgan fingerprint density at radius 1 is 1.22 bits per heavy atom. The molecule has 1 aliphatic carbocycles. The Hall–Kier alpha value is -1.26. The SMILES string of the molecule is COc1ccc(CNCC2(CN)CC2)cc1OC. The van der Waals surface area contributed by atoms with E-state index in [0.29, 0.717) is 5.41 Å². The number of hydrogen-bond donors (Lipinski definition) is 2. The summed E-state index contributed by atoms with van der Waals surface area (Å²) in [5.74, 6) is 1.54. The van der Waals surface area contributed by atoms with Gasteiger partial charge in [0, 0.05) is 13.1 Å². The van der Waals surface area contributed by atoms with Crippen molar-refractivity contribution >= 4 is 0 Å². The van der Waals surface area contributed by atoms with Gasteiger partial charge in [-0.1, -0.05) is 6.07 Å². The summed E-state index contributed by atoms with van der Waals surface area (Å²) in [5, 5.41) is 3.47. The van der Waals surface area contributed by atoms with Crippen LogP contribution < -0.4 is 20.5 Å². The fourth-order valence-electron chi connectivity index (χ4n) is 2.09. The zero-order valence-corrected chi connectivity index (χ0v) is 11.2. The fourth-order valence-corrected chi connectivity index (χ4v) is 2.09. The maximum atomic E-state index is 5.76. The molecule has 0 unspecified atom stereocenters. The van der Waals surface area contributed by atoms with E-state index < -0.39 is 0 Å². The number of methoxy groups -OCH3 is 2. The zero-order valence-electron chi connectivity index (χ0n) is 11.2. The molecule has 1 aromatic rings. The van der Waals surface area contributed by atoms with Crippen LogP contribution >= 0.6 is 0 Å². The molecule has 0 spiro atoms. The quantitative estimate of drug-likeness (QED) is 0.770. The van der Waals surface area contributed by atoms with Crippen molar-refractivity contribution in [2.45, 2.75) is 19.4 Å². The third-order valence-electron chi connectivity index (χ3n) is 3.67. The molecule has 100 valence electrons. The molecule has 0 aliphatic heterocycles. The van der Waals surface area contributed by atoms with Gasteiger partial charge in [0.05, 0.1) is 14.2 Å². The first-order chi connectivity index (χ1) is 8.73. The lowest BCUT2D eigenvalue weighted by atomic mass is 10.1. The van der Waals surface area contributed by atoms with Crippen molar-refractivity contribution in [1.29, 1.82) is 0 Å². The van der Waals surface area contributed by atoms with Crippen LogP contribution in [0.3, 0.4) is 0 Å². The Bertz CT molecular complexity index is 403. The maximum Gasteiger partial charge on any atom is 0.161 e. The fraction of sp³-hybridized carbons (Fsp3) is 0.571. The van der Waals surface area contributed by atoms with E-state index in [1.807, 2.05) is 12.1 Å². The predicted molar refractivity (Wildman–Crippen MR) is 72.0 cm³/mol. The Morgan fingerprint density at radius 3 is 2.50 bits per heavy atom. The Labute approximate surface area is 108 Å². The van der Waals surface area contributed by atoms with Crippen molar-refractivity contribution < 1.29 is 9.47 Å². The highest BCUT2D eigenvalue weighted by Gasteiger charge is 2.40. The Balaban J connectivity index is 1.89. The van der Waals surface area contributed by atoms with Crippen molar-refractivity contribution in [3.63, 3.8) is 0 Å². The van der Waals surface area contributed by atoms with E-state index in [1.165, 1.54) is 18.4 Å². The van der Waals surface area contributed by atoms with E-state index >= 15 is 0 Å². The van der Waals surface area contributed by atoms with E-state index in [2.05, 4.69) is 11.4 Å². The second kappa shape index (κ2) is 5.59. The molecule has 18 heavy (non-hydrogen) atoms. The van der Waals surface area contributed by atoms with E-state index in [4.69, 9.17) is 15.2 Å². The first-order valence-corrected chi connectivity index (χ1v) is 6.35. The molecule has 2 rings (SSSR count). The van der Waals surface area contributed by atoms with Crippen LogP contribution in [0.5, 0.6) is 11.5 Å².